The van der Waals surface area contributed by atoms with Gasteiger partial charge in [0.25, 0.3) is 0 Å². The highest BCUT2D eigenvalue weighted by Gasteiger charge is 2.31. The summed E-state index contributed by atoms with van der Waals surface area (Å²) in [5.41, 5.74) is 4.26. The maximum Gasteiger partial charge on any atom is 0.236 e. The normalized spacial score (nSPS) is 20.0. The summed E-state index contributed by atoms with van der Waals surface area (Å²) in [5, 5.41) is 12.6. The molecule has 0 bridgehead atoms. The largest absolute Gasteiger partial charge is 0.506 e. The summed E-state index contributed by atoms with van der Waals surface area (Å²) >= 11 is 5.93. The molecular formula is C28H31ClN4O3. The van der Waals surface area contributed by atoms with E-state index in [9.17, 15) is 14.7 Å². The van der Waals surface area contributed by atoms with E-state index in [1.807, 2.05) is 4.90 Å². The van der Waals surface area contributed by atoms with Crippen LogP contribution in [0.25, 0.3) is 5.57 Å². The van der Waals surface area contributed by atoms with Gasteiger partial charge in [-0.15, -0.1) is 0 Å². The van der Waals surface area contributed by atoms with Crippen LogP contribution in [0.1, 0.15) is 18.4 Å². The first-order valence-corrected chi connectivity index (χ1v) is 12.9. The molecule has 2 amide bonds. The van der Waals surface area contributed by atoms with Crippen LogP contribution in [0.2, 0.25) is 5.02 Å². The van der Waals surface area contributed by atoms with E-state index in [0.717, 1.165) is 26.1 Å². The van der Waals surface area contributed by atoms with Crippen LogP contribution in [-0.4, -0.2) is 72.5 Å². The number of aromatic hydroxyl groups is 1. The molecule has 5 rings (SSSR count). The quantitative estimate of drug-likeness (QED) is 0.579. The molecule has 1 aliphatic carbocycles. The molecule has 8 heteroatoms. The third-order valence-corrected chi connectivity index (χ3v) is 7.47. The number of nitrogens with zero attached hydrogens (tertiary/aromatic N) is 3. The van der Waals surface area contributed by atoms with Crippen LogP contribution in [-0.2, 0) is 9.59 Å². The smallest absolute Gasteiger partial charge is 0.236 e. The van der Waals surface area contributed by atoms with Crippen molar-refractivity contribution in [2.75, 3.05) is 56.0 Å². The van der Waals surface area contributed by atoms with Gasteiger partial charge >= 0.3 is 0 Å². The third kappa shape index (κ3) is 5.58. The zero-order chi connectivity index (χ0) is 25.1. The Morgan fingerprint density at radius 3 is 2.64 bits per heavy atom. The molecule has 3 aliphatic rings. The lowest BCUT2D eigenvalue weighted by Gasteiger charge is -2.37. The number of carbonyl (C=O) groups excluding carboxylic acids is 2. The molecule has 2 aromatic rings. The van der Waals surface area contributed by atoms with E-state index < -0.39 is 0 Å². The number of likely N-dealkylation sites (tertiary alicyclic amines) is 1. The number of allylic oxidation sites excluding steroid dienone is 4. The van der Waals surface area contributed by atoms with E-state index in [4.69, 9.17) is 11.6 Å². The Labute approximate surface area is 216 Å². The monoisotopic (exact) mass is 506 g/mol. The van der Waals surface area contributed by atoms with Gasteiger partial charge in [-0.3, -0.25) is 14.5 Å². The highest BCUT2D eigenvalue weighted by atomic mass is 35.5. The number of nitrogens with one attached hydrogen (secondary N) is 1. The van der Waals surface area contributed by atoms with Crippen LogP contribution >= 0.6 is 11.6 Å². The summed E-state index contributed by atoms with van der Waals surface area (Å²) < 4.78 is 0. The number of halogens is 1. The highest BCUT2D eigenvalue weighted by molar-refractivity contribution is 6.32. The molecule has 2 aliphatic heterocycles. The van der Waals surface area contributed by atoms with Crippen molar-refractivity contribution in [2.45, 2.75) is 12.8 Å². The van der Waals surface area contributed by atoms with Gasteiger partial charge in [0, 0.05) is 44.1 Å². The Morgan fingerprint density at radius 1 is 1.06 bits per heavy atom. The Hall–Kier alpha value is -3.29. The van der Waals surface area contributed by atoms with Crippen molar-refractivity contribution in [1.29, 1.82) is 0 Å². The fourth-order valence-corrected chi connectivity index (χ4v) is 5.26. The molecule has 7 nitrogen and oxygen atoms in total. The van der Waals surface area contributed by atoms with E-state index in [1.54, 1.807) is 6.07 Å². The molecule has 2 saturated heterocycles. The second-order valence-electron chi connectivity index (χ2n) is 9.59. The number of carbonyl (C=O) groups is 2. The van der Waals surface area contributed by atoms with Crippen molar-refractivity contribution in [2.24, 2.45) is 5.92 Å². The minimum atomic E-state index is -0.181. The number of piperazine rings is 1. The molecule has 188 valence electrons. The summed E-state index contributed by atoms with van der Waals surface area (Å²) in [7, 11) is 0. The second kappa shape index (κ2) is 10.8. The molecule has 0 unspecified atom stereocenters. The molecule has 0 saturated carbocycles. The molecule has 1 atom stereocenters. The number of rotatable bonds is 6. The zero-order valence-corrected chi connectivity index (χ0v) is 21.0. The molecule has 2 heterocycles. The minimum absolute atomic E-state index is 0.0197. The molecule has 0 aromatic heterocycles. The summed E-state index contributed by atoms with van der Waals surface area (Å²) in [6.45, 7) is 4.63. The third-order valence-electron chi connectivity index (χ3n) is 7.17. The van der Waals surface area contributed by atoms with Crippen LogP contribution in [0, 0.1) is 5.92 Å². The average Bonchev–Trinajstić information content (AvgIpc) is 3.59. The van der Waals surface area contributed by atoms with Crippen LogP contribution in [0.5, 0.6) is 5.75 Å². The van der Waals surface area contributed by atoms with Crippen LogP contribution in [0.15, 0.2) is 60.7 Å². The molecule has 36 heavy (non-hydrogen) atoms. The number of phenols is 1. The van der Waals surface area contributed by atoms with Gasteiger partial charge in [0.05, 0.1) is 17.5 Å². The van der Waals surface area contributed by atoms with Crippen molar-refractivity contribution in [3.8, 4) is 5.75 Å². The van der Waals surface area contributed by atoms with Crippen molar-refractivity contribution in [3.05, 3.63) is 71.3 Å². The fraction of sp³-hybridized carbons (Fsp3) is 0.357. The van der Waals surface area contributed by atoms with E-state index in [1.165, 1.54) is 29.0 Å². The van der Waals surface area contributed by atoms with Gasteiger partial charge in [-0.2, -0.15) is 0 Å². The Balaban J connectivity index is 1.09. The van der Waals surface area contributed by atoms with Gasteiger partial charge in [0.1, 0.15) is 5.75 Å². The summed E-state index contributed by atoms with van der Waals surface area (Å²) in [6.07, 6.45) is 8.29. The van der Waals surface area contributed by atoms with Crippen molar-refractivity contribution in [3.63, 3.8) is 0 Å². The predicted octanol–water partition coefficient (Wildman–Crippen LogP) is 4.00. The van der Waals surface area contributed by atoms with Crippen LogP contribution in [0.3, 0.4) is 0 Å². The first-order valence-electron chi connectivity index (χ1n) is 12.5. The molecule has 0 radical (unpaired) electrons. The maximum absolute atomic E-state index is 13.0. The summed E-state index contributed by atoms with van der Waals surface area (Å²) in [5.74, 6) is -0.171. The summed E-state index contributed by atoms with van der Waals surface area (Å²) in [4.78, 5) is 32.0. The van der Waals surface area contributed by atoms with E-state index in [0.29, 0.717) is 38.3 Å². The summed E-state index contributed by atoms with van der Waals surface area (Å²) in [6, 6.07) is 13.2. The van der Waals surface area contributed by atoms with Gasteiger partial charge < -0.3 is 20.2 Å². The fourth-order valence-electron chi connectivity index (χ4n) is 5.08. The minimum Gasteiger partial charge on any atom is -0.506 e. The molecule has 2 fully saturated rings. The van der Waals surface area contributed by atoms with Gasteiger partial charge in [-0.1, -0.05) is 42.0 Å². The number of anilines is 2. The van der Waals surface area contributed by atoms with Gasteiger partial charge in [-0.25, -0.2) is 0 Å². The van der Waals surface area contributed by atoms with E-state index >= 15 is 0 Å². The lowest BCUT2D eigenvalue weighted by molar-refractivity contribution is -0.132. The van der Waals surface area contributed by atoms with Crippen molar-refractivity contribution in [1.82, 2.24) is 9.80 Å². The number of hydrogen-bond acceptors (Lipinski definition) is 5. The standard InChI is InChI=1S/C28H31ClN4O3/c29-25-17-23(8-9-26(25)34)30-28(36)22-10-11-31(18-22)19-27(35)33-14-12-32(13-15-33)24-7-3-6-21(16-24)20-4-1-2-5-20/h1,3-9,16-17,22,34H,2,10-15,18-19H2,(H,30,36)/t22-/m1/s1. The number of amides is 2. The first-order chi connectivity index (χ1) is 17.5. The van der Waals surface area contributed by atoms with E-state index in [-0.39, 0.29) is 28.5 Å². The SMILES string of the molecule is O=C(Nc1ccc(O)c(Cl)c1)[C@@H]1CCN(CC(=O)N2CCN(c3cccc(C4=CCC=C4)c3)CC2)C1. The topological polar surface area (TPSA) is 76.1 Å². The van der Waals surface area contributed by atoms with Crippen LogP contribution < -0.4 is 10.2 Å². The van der Waals surface area contributed by atoms with Gasteiger partial charge in [0.15, 0.2) is 0 Å². The maximum atomic E-state index is 13.0. The lowest BCUT2D eigenvalue weighted by Crippen LogP contribution is -2.51. The van der Waals surface area contributed by atoms with Gasteiger partial charge in [0.2, 0.25) is 11.8 Å². The first kappa shape index (κ1) is 24.4. The van der Waals surface area contributed by atoms with Crippen molar-refractivity contribution >= 4 is 40.4 Å². The van der Waals surface area contributed by atoms with E-state index in [2.05, 4.69) is 57.6 Å². The number of phenolic OH excluding ortho intramolecular Hbond substituents is 1. The zero-order valence-electron chi connectivity index (χ0n) is 20.2. The van der Waals surface area contributed by atoms with Crippen LogP contribution in [0.4, 0.5) is 11.4 Å². The Morgan fingerprint density at radius 2 is 1.89 bits per heavy atom. The molecule has 2 aromatic carbocycles. The predicted molar refractivity (Wildman–Crippen MR) is 143 cm³/mol. The molecule has 0 spiro atoms. The second-order valence-corrected chi connectivity index (χ2v) is 10.00. The van der Waals surface area contributed by atoms with Gasteiger partial charge in [-0.05, 0) is 60.9 Å². The molecular weight excluding hydrogens is 476 g/mol. The Bertz CT molecular complexity index is 1200. The molecule has 2 N–H and O–H groups in total. The lowest BCUT2D eigenvalue weighted by atomic mass is 10.1. The highest BCUT2D eigenvalue weighted by Crippen LogP contribution is 2.28. The number of hydrogen-bond donors (Lipinski definition) is 2. The average molecular weight is 507 g/mol. The number of benzene rings is 2. The Kier molecular flexibility index (Phi) is 7.30. The van der Waals surface area contributed by atoms with Crippen molar-refractivity contribution < 1.29 is 14.7 Å².